The number of alkyl halides is 3. The number of benzene rings is 2. The Balaban J connectivity index is 1.44. The molecule has 0 unspecified atom stereocenters. The zero-order chi connectivity index (χ0) is 22.9. The summed E-state index contributed by atoms with van der Waals surface area (Å²) in [5.41, 5.74) is 0.130. The highest BCUT2D eigenvalue weighted by molar-refractivity contribution is 7.15. The summed E-state index contributed by atoms with van der Waals surface area (Å²) >= 11 is 6.78. The van der Waals surface area contributed by atoms with Crippen LogP contribution in [-0.2, 0) is 12.6 Å². The molecule has 0 saturated heterocycles. The Morgan fingerprint density at radius 3 is 2.56 bits per heavy atom. The van der Waals surface area contributed by atoms with Crippen LogP contribution < -0.4 is 5.32 Å². The molecule has 0 aliphatic rings. The number of carbonyl (C=O) groups excluding carboxylic acids is 1. The molecule has 0 bridgehead atoms. The molecule has 0 saturated carbocycles. The van der Waals surface area contributed by atoms with E-state index in [0.29, 0.717) is 21.8 Å². The van der Waals surface area contributed by atoms with Crippen molar-refractivity contribution in [2.75, 3.05) is 5.32 Å². The lowest BCUT2D eigenvalue weighted by atomic mass is 10.1. The van der Waals surface area contributed by atoms with E-state index < -0.39 is 17.6 Å². The van der Waals surface area contributed by atoms with Gasteiger partial charge >= 0.3 is 6.18 Å². The van der Waals surface area contributed by atoms with E-state index in [9.17, 15) is 22.4 Å². The topological polar surface area (TPSA) is 55.1 Å². The van der Waals surface area contributed by atoms with Crippen molar-refractivity contribution in [3.05, 3.63) is 93.4 Å². The van der Waals surface area contributed by atoms with Gasteiger partial charge < -0.3 is 4.42 Å². The van der Waals surface area contributed by atoms with Gasteiger partial charge in [0, 0.05) is 23.1 Å². The highest BCUT2D eigenvalue weighted by atomic mass is 35.5. The lowest BCUT2D eigenvalue weighted by Crippen LogP contribution is -2.10. The third-order valence-electron chi connectivity index (χ3n) is 4.45. The van der Waals surface area contributed by atoms with E-state index in [4.69, 9.17) is 16.0 Å². The van der Waals surface area contributed by atoms with Crippen LogP contribution in [0.5, 0.6) is 0 Å². The first-order valence-corrected chi connectivity index (χ1v) is 10.4. The molecule has 2 aromatic carbocycles. The smallest absolute Gasteiger partial charge is 0.417 e. The van der Waals surface area contributed by atoms with Crippen molar-refractivity contribution in [1.29, 1.82) is 0 Å². The first-order chi connectivity index (χ1) is 15.2. The Kier molecular flexibility index (Phi) is 6.03. The van der Waals surface area contributed by atoms with Crippen LogP contribution >= 0.6 is 22.9 Å². The van der Waals surface area contributed by atoms with Gasteiger partial charge in [0.15, 0.2) is 10.9 Å². The van der Waals surface area contributed by atoms with E-state index in [1.54, 1.807) is 6.07 Å². The van der Waals surface area contributed by atoms with Gasteiger partial charge in [-0.15, -0.1) is 11.3 Å². The monoisotopic (exact) mass is 480 g/mol. The highest BCUT2D eigenvalue weighted by Crippen LogP contribution is 2.36. The first kappa shape index (κ1) is 22.0. The summed E-state index contributed by atoms with van der Waals surface area (Å²) in [6.07, 6.45) is -2.87. The number of hydrogen-bond acceptors (Lipinski definition) is 4. The summed E-state index contributed by atoms with van der Waals surface area (Å²) in [5.74, 6) is -0.483. The van der Waals surface area contributed by atoms with Gasteiger partial charge in [0.2, 0.25) is 0 Å². The molecule has 2 heterocycles. The molecule has 0 atom stereocenters. The molecule has 4 aromatic rings. The van der Waals surface area contributed by atoms with E-state index in [1.807, 2.05) is 0 Å². The van der Waals surface area contributed by atoms with E-state index in [-0.39, 0.29) is 28.2 Å². The van der Waals surface area contributed by atoms with Crippen LogP contribution in [0.4, 0.5) is 22.7 Å². The quantitative estimate of drug-likeness (QED) is 0.311. The van der Waals surface area contributed by atoms with Gasteiger partial charge in [-0.3, -0.25) is 10.1 Å². The van der Waals surface area contributed by atoms with Gasteiger partial charge in [-0.25, -0.2) is 9.37 Å². The second kappa shape index (κ2) is 8.76. The maximum absolute atomic E-state index is 13.1. The standard InChI is InChI=1S/C22H13ClF4N2O2S/c23-17-6-1-12(10-16(17)22(25,26)27)9-15-11-28-21(32-15)29-20(30)19-8-7-18(31-19)13-2-4-14(24)5-3-13/h1-8,10-11H,9H2,(H,28,29,30). The summed E-state index contributed by atoms with van der Waals surface area (Å²) in [6.45, 7) is 0. The van der Waals surface area contributed by atoms with Crippen LogP contribution in [0.1, 0.15) is 26.6 Å². The lowest BCUT2D eigenvalue weighted by molar-refractivity contribution is -0.137. The summed E-state index contributed by atoms with van der Waals surface area (Å²) in [7, 11) is 0. The number of anilines is 1. The van der Waals surface area contributed by atoms with Gasteiger partial charge in [0.25, 0.3) is 5.91 Å². The van der Waals surface area contributed by atoms with Crippen molar-refractivity contribution in [3.63, 3.8) is 0 Å². The van der Waals surface area contributed by atoms with Crippen molar-refractivity contribution in [2.45, 2.75) is 12.6 Å². The number of aromatic nitrogens is 1. The Hall–Kier alpha value is -3.17. The van der Waals surface area contributed by atoms with Gasteiger partial charge in [-0.1, -0.05) is 17.7 Å². The predicted octanol–water partition coefficient (Wildman–Crippen LogP) is 7.06. The highest BCUT2D eigenvalue weighted by Gasteiger charge is 2.33. The van der Waals surface area contributed by atoms with E-state index in [0.717, 1.165) is 17.4 Å². The number of halogens is 5. The van der Waals surface area contributed by atoms with Crippen LogP contribution in [0.2, 0.25) is 5.02 Å². The predicted molar refractivity (Wildman–Crippen MR) is 113 cm³/mol. The zero-order valence-corrected chi connectivity index (χ0v) is 17.6. The molecule has 0 aliphatic heterocycles. The van der Waals surface area contributed by atoms with E-state index >= 15 is 0 Å². The minimum Gasteiger partial charge on any atom is -0.451 e. The Labute approximate surface area is 188 Å². The molecule has 4 nitrogen and oxygen atoms in total. The minimum atomic E-state index is -4.55. The summed E-state index contributed by atoms with van der Waals surface area (Å²) in [5, 5.41) is 2.51. The molecular weight excluding hydrogens is 468 g/mol. The molecule has 32 heavy (non-hydrogen) atoms. The number of hydrogen-bond donors (Lipinski definition) is 1. The molecule has 164 valence electrons. The van der Waals surface area contributed by atoms with Gasteiger partial charge in [-0.2, -0.15) is 13.2 Å². The van der Waals surface area contributed by atoms with Crippen LogP contribution in [0.15, 0.2) is 65.2 Å². The molecule has 0 aliphatic carbocycles. The second-order valence-corrected chi connectivity index (χ2v) is 8.27. The van der Waals surface area contributed by atoms with Crippen LogP contribution in [-0.4, -0.2) is 10.9 Å². The summed E-state index contributed by atoms with van der Waals surface area (Å²) in [4.78, 5) is 17.2. The average Bonchev–Trinajstić information content (AvgIpc) is 3.39. The molecular formula is C22H13ClF4N2O2S. The van der Waals surface area contributed by atoms with Crippen molar-refractivity contribution >= 4 is 34.0 Å². The molecule has 1 N–H and O–H groups in total. The lowest BCUT2D eigenvalue weighted by Gasteiger charge is -2.10. The number of thiazole rings is 1. The normalized spacial score (nSPS) is 11.5. The minimum absolute atomic E-state index is 0.0357. The van der Waals surface area contributed by atoms with Crippen LogP contribution in [0.3, 0.4) is 0 Å². The van der Waals surface area contributed by atoms with E-state index in [1.165, 1.54) is 48.7 Å². The average molecular weight is 481 g/mol. The molecule has 0 radical (unpaired) electrons. The molecule has 10 heteroatoms. The zero-order valence-electron chi connectivity index (χ0n) is 16.0. The fourth-order valence-electron chi connectivity index (χ4n) is 2.94. The van der Waals surface area contributed by atoms with Crippen molar-refractivity contribution in [2.24, 2.45) is 0 Å². The van der Waals surface area contributed by atoms with Crippen LogP contribution in [0.25, 0.3) is 11.3 Å². The molecule has 2 aromatic heterocycles. The number of furan rings is 1. The molecule has 1 amide bonds. The third kappa shape index (κ3) is 5.00. The number of carbonyl (C=O) groups is 1. The number of amides is 1. The van der Waals surface area contributed by atoms with Gasteiger partial charge in [0.05, 0.1) is 10.6 Å². The molecule has 0 spiro atoms. The van der Waals surface area contributed by atoms with E-state index in [2.05, 4.69) is 10.3 Å². The third-order valence-corrected chi connectivity index (χ3v) is 5.69. The number of nitrogens with zero attached hydrogens (tertiary/aromatic N) is 1. The van der Waals surface area contributed by atoms with Gasteiger partial charge in [0.1, 0.15) is 11.6 Å². The van der Waals surface area contributed by atoms with Gasteiger partial charge in [-0.05, 0) is 54.1 Å². The fraction of sp³-hybridized carbons (Fsp3) is 0.0909. The largest absolute Gasteiger partial charge is 0.451 e. The van der Waals surface area contributed by atoms with Crippen molar-refractivity contribution in [3.8, 4) is 11.3 Å². The summed E-state index contributed by atoms with van der Waals surface area (Å²) < 4.78 is 57.7. The second-order valence-electron chi connectivity index (χ2n) is 6.75. The molecule has 0 fully saturated rings. The number of rotatable bonds is 5. The maximum Gasteiger partial charge on any atom is 0.417 e. The van der Waals surface area contributed by atoms with Crippen molar-refractivity contribution < 1.29 is 26.8 Å². The van der Waals surface area contributed by atoms with Crippen LogP contribution in [0, 0.1) is 5.82 Å². The SMILES string of the molecule is O=C(Nc1ncc(Cc2ccc(Cl)c(C(F)(F)F)c2)s1)c1ccc(-c2ccc(F)cc2)o1. The summed E-state index contributed by atoms with van der Waals surface area (Å²) in [6, 6.07) is 12.4. The Morgan fingerprint density at radius 2 is 1.84 bits per heavy atom. The van der Waals surface area contributed by atoms with Crippen molar-refractivity contribution in [1.82, 2.24) is 4.98 Å². The molecule has 4 rings (SSSR count). The Bertz CT molecular complexity index is 1270. The first-order valence-electron chi connectivity index (χ1n) is 9.16. The maximum atomic E-state index is 13.1. The fourth-order valence-corrected chi connectivity index (χ4v) is 4.00. The number of nitrogens with one attached hydrogen (secondary N) is 1. The Morgan fingerprint density at radius 1 is 1.09 bits per heavy atom.